The topological polar surface area (TPSA) is 60.1 Å². The lowest BCUT2D eigenvalue weighted by Gasteiger charge is -2.41. The number of ether oxygens (including phenoxy) is 2. The molecule has 0 amide bonds. The van der Waals surface area contributed by atoms with E-state index in [0.717, 1.165) is 30.9 Å². The molecule has 19 heavy (non-hydrogen) atoms. The molecular weight excluding hydrogens is 242 g/mol. The molecule has 1 unspecified atom stereocenters. The Balaban J connectivity index is 2.02. The molecule has 0 aliphatic carbocycles. The van der Waals surface area contributed by atoms with Crippen molar-refractivity contribution in [3.05, 3.63) is 24.3 Å². The molecule has 1 aromatic carbocycles. The first kappa shape index (κ1) is 12.3. The van der Waals surface area contributed by atoms with E-state index in [1.54, 1.807) is 7.11 Å². The van der Waals surface area contributed by atoms with E-state index in [9.17, 15) is 0 Å². The van der Waals surface area contributed by atoms with Gasteiger partial charge in [0.1, 0.15) is 5.75 Å². The van der Waals surface area contributed by atoms with E-state index in [4.69, 9.17) is 15.2 Å². The van der Waals surface area contributed by atoms with E-state index in [1.165, 1.54) is 0 Å². The van der Waals surface area contributed by atoms with E-state index >= 15 is 0 Å². The van der Waals surface area contributed by atoms with Crippen LogP contribution in [0.4, 0.5) is 5.69 Å². The van der Waals surface area contributed by atoms with E-state index in [-0.39, 0.29) is 5.54 Å². The SMILES string of the molecule is COc1ccccc1N1C(N)=NCC12CCCOC2. The number of hydrogen-bond acceptors (Lipinski definition) is 5. The number of aliphatic imine (C=N–C) groups is 1. The summed E-state index contributed by atoms with van der Waals surface area (Å²) in [6.45, 7) is 2.17. The number of hydrogen-bond donors (Lipinski definition) is 1. The van der Waals surface area contributed by atoms with Crippen LogP contribution in [0.1, 0.15) is 12.8 Å². The first-order valence-electron chi connectivity index (χ1n) is 6.58. The lowest BCUT2D eigenvalue weighted by Crippen LogP contribution is -2.56. The molecule has 2 aliphatic rings. The lowest BCUT2D eigenvalue weighted by molar-refractivity contribution is 0.0458. The van der Waals surface area contributed by atoms with Crippen LogP contribution in [-0.2, 0) is 4.74 Å². The Labute approximate surface area is 113 Å². The second kappa shape index (κ2) is 4.74. The average molecular weight is 261 g/mol. The third-order valence-corrected chi connectivity index (χ3v) is 3.87. The Hall–Kier alpha value is -1.75. The second-order valence-corrected chi connectivity index (χ2v) is 5.06. The van der Waals surface area contributed by atoms with Gasteiger partial charge in [-0.15, -0.1) is 0 Å². The number of rotatable bonds is 2. The summed E-state index contributed by atoms with van der Waals surface area (Å²) >= 11 is 0. The summed E-state index contributed by atoms with van der Waals surface area (Å²) < 4.78 is 11.1. The second-order valence-electron chi connectivity index (χ2n) is 5.06. The van der Waals surface area contributed by atoms with Gasteiger partial charge in [0, 0.05) is 6.61 Å². The fraction of sp³-hybridized carbons (Fsp3) is 0.500. The molecule has 0 aromatic heterocycles. The Morgan fingerprint density at radius 2 is 2.26 bits per heavy atom. The average Bonchev–Trinajstić information content (AvgIpc) is 2.76. The molecule has 1 saturated heterocycles. The summed E-state index contributed by atoms with van der Waals surface area (Å²) in [5, 5.41) is 0. The first-order chi connectivity index (χ1) is 9.27. The molecule has 2 aliphatic heterocycles. The van der Waals surface area contributed by atoms with E-state index in [2.05, 4.69) is 9.89 Å². The van der Waals surface area contributed by atoms with Crippen LogP contribution in [0.25, 0.3) is 0 Å². The zero-order valence-electron chi connectivity index (χ0n) is 11.1. The number of nitrogens with zero attached hydrogens (tertiary/aromatic N) is 2. The zero-order chi connectivity index (χ0) is 13.3. The molecule has 1 atom stereocenters. The van der Waals surface area contributed by atoms with Gasteiger partial charge < -0.3 is 15.2 Å². The molecule has 5 heteroatoms. The number of benzene rings is 1. The highest BCUT2D eigenvalue weighted by Crippen LogP contribution is 2.39. The monoisotopic (exact) mass is 261 g/mol. The highest BCUT2D eigenvalue weighted by molar-refractivity contribution is 5.99. The summed E-state index contributed by atoms with van der Waals surface area (Å²) in [6, 6.07) is 7.90. The maximum Gasteiger partial charge on any atom is 0.196 e. The van der Waals surface area contributed by atoms with Crippen molar-refractivity contribution in [1.29, 1.82) is 0 Å². The summed E-state index contributed by atoms with van der Waals surface area (Å²) in [5.41, 5.74) is 6.93. The van der Waals surface area contributed by atoms with Gasteiger partial charge in [0.25, 0.3) is 0 Å². The number of para-hydroxylation sites is 2. The molecule has 2 N–H and O–H groups in total. The van der Waals surface area contributed by atoms with Crippen molar-refractivity contribution in [2.75, 3.05) is 31.8 Å². The molecule has 1 aromatic rings. The van der Waals surface area contributed by atoms with Crippen LogP contribution in [0.3, 0.4) is 0 Å². The quantitative estimate of drug-likeness (QED) is 0.873. The van der Waals surface area contributed by atoms with Crippen LogP contribution in [0.5, 0.6) is 5.75 Å². The van der Waals surface area contributed by atoms with Crippen molar-refractivity contribution in [3.63, 3.8) is 0 Å². The van der Waals surface area contributed by atoms with Gasteiger partial charge in [-0.1, -0.05) is 12.1 Å². The lowest BCUT2D eigenvalue weighted by atomic mass is 9.91. The summed E-state index contributed by atoms with van der Waals surface area (Å²) in [5.74, 6) is 1.36. The van der Waals surface area contributed by atoms with E-state index in [1.807, 2.05) is 24.3 Å². The van der Waals surface area contributed by atoms with Crippen LogP contribution in [-0.4, -0.2) is 38.4 Å². The number of methoxy groups -OCH3 is 1. The van der Waals surface area contributed by atoms with E-state index < -0.39 is 0 Å². The molecule has 102 valence electrons. The Morgan fingerprint density at radius 3 is 3.00 bits per heavy atom. The first-order valence-corrected chi connectivity index (χ1v) is 6.58. The third-order valence-electron chi connectivity index (χ3n) is 3.87. The highest BCUT2D eigenvalue weighted by atomic mass is 16.5. The summed E-state index contributed by atoms with van der Waals surface area (Å²) in [6.07, 6.45) is 2.07. The van der Waals surface area contributed by atoms with Gasteiger partial charge in [0.15, 0.2) is 5.96 Å². The van der Waals surface area contributed by atoms with Gasteiger partial charge >= 0.3 is 0 Å². The predicted octanol–water partition coefficient (Wildman–Crippen LogP) is 1.38. The van der Waals surface area contributed by atoms with Gasteiger partial charge in [-0.3, -0.25) is 9.89 Å². The third kappa shape index (κ3) is 1.94. The van der Waals surface area contributed by atoms with Crippen LogP contribution >= 0.6 is 0 Å². The standard InChI is InChI=1S/C14H19N3O2/c1-18-12-6-3-2-5-11(12)17-13(15)16-9-14(17)7-4-8-19-10-14/h2-3,5-6H,4,7-10H2,1H3,(H2,15,16). The number of anilines is 1. The van der Waals surface area contributed by atoms with Gasteiger partial charge in [-0.25, -0.2) is 0 Å². The minimum absolute atomic E-state index is 0.142. The zero-order valence-corrected chi connectivity index (χ0v) is 11.1. The fourth-order valence-electron chi connectivity index (χ4n) is 2.94. The molecule has 2 heterocycles. The van der Waals surface area contributed by atoms with Crippen LogP contribution in [0, 0.1) is 0 Å². The van der Waals surface area contributed by atoms with Crippen molar-refractivity contribution < 1.29 is 9.47 Å². The Bertz CT molecular complexity index is 495. The van der Waals surface area contributed by atoms with Crippen LogP contribution in [0.2, 0.25) is 0 Å². The Morgan fingerprint density at radius 1 is 1.42 bits per heavy atom. The number of nitrogens with two attached hydrogens (primary N) is 1. The normalized spacial score (nSPS) is 26.6. The van der Waals surface area contributed by atoms with Gasteiger partial charge in [-0.05, 0) is 25.0 Å². The maximum atomic E-state index is 6.10. The van der Waals surface area contributed by atoms with Crippen molar-refractivity contribution in [3.8, 4) is 5.75 Å². The fourth-order valence-corrected chi connectivity index (χ4v) is 2.94. The van der Waals surface area contributed by atoms with Crippen molar-refractivity contribution >= 4 is 11.6 Å². The van der Waals surface area contributed by atoms with Gasteiger partial charge in [-0.2, -0.15) is 0 Å². The van der Waals surface area contributed by atoms with E-state index in [0.29, 0.717) is 19.1 Å². The molecule has 3 rings (SSSR count). The minimum Gasteiger partial charge on any atom is -0.495 e. The molecular formula is C14H19N3O2. The molecule has 1 spiro atoms. The highest BCUT2D eigenvalue weighted by Gasteiger charge is 2.45. The summed E-state index contributed by atoms with van der Waals surface area (Å²) in [7, 11) is 1.67. The molecule has 1 fully saturated rings. The van der Waals surface area contributed by atoms with Crippen molar-refractivity contribution in [1.82, 2.24) is 0 Å². The Kier molecular flexibility index (Phi) is 3.06. The van der Waals surface area contributed by atoms with Crippen LogP contribution in [0.15, 0.2) is 29.3 Å². The van der Waals surface area contributed by atoms with Crippen molar-refractivity contribution in [2.24, 2.45) is 10.7 Å². The largest absolute Gasteiger partial charge is 0.495 e. The molecule has 5 nitrogen and oxygen atoms in total. The molecule has 0 bridgehead atoms. The molecule has 0 radical (unpaired) electrons. The van der Waals surface area contributed by atoms with Gasteiger partial charge in [0.2, 0.25) is 0 Å². The predicted molar refractivity (Wildman–Crippen MR) is 74.7 cm³/mol. The molecule has 0 saturated carbocycles. The van der Waals surface area contributed by atoms with Gasteiger partial charge in [0.05, 0.1) is 31.5 Å². The van der Waals surface area contributed by atoms with Crippen molar-refractivity contribution in [2.45, 2.75) is 18.4 Å². The maximum absolute atomic E-state index is 6.10. The number of guanidine groups is 1. The minimum atomic E-state index is -0.142. The smallest absolute Gasteiger partial charge is 0.196 e. The van der Waals surface area contributed by atoms with Crippen LogP contribution < -0.4 is 15.4 Å². The summed E-state index contributed by atoms with van der Waals surface area (Å²) in [4.78, 5) is 6.52.